The number of carbonyl (C=O) groups excluding carboxylic acids is 1. The number of anilines is 1. The first-order valence-electron chi connectivity index (χ1n) is 12.4. The Morgan fingerprint density at radius 2 is 1.76 bits per heavy atom. The Hall–Kier alpha value is -3.43. The Kier molecular flexibility index (Phi) is 6.15. The number of aliphatic hydroxyl groups excluding tert-OH is 4. The van der Waals surface area contributed by atoms with Crippen LogP contribution in [0, 0.1) is 17.5 Å². The number of alkyl halides is 2. The largest absolute Gasteiger partial charge is 0.394 e. The Morgan fingerprint density at radius 1 is 1.11 bits per heavy atom. The van der Waals surface area contributed by atoms with Gasteiger partial charge in [0.05, 0.1) is 17.7 Å². The van der Waals surface area contributed by atoms with Crippen molar-refractivity contribution < 1.29 is 57.4 Å². The van der Waals surface area contributed by atoms with Crippen LogP contribution in [0.15, 0.2) is 42.5 Å². The van der Waals surface area contributed by atoms with Gasteiger partial charge in [0.15, 0.2) is 23.7 Å². The number of para-hydroxylation sites is 1. The second kappa shape index (κ2) is 10.5. The van der Waals surface area contributed by atoms with Crippen molar-refractivity contribution in [2.45, 2.75) is 37.1 Å². The molecule has 1 unspecified atom stereocenters. The van der Waals surface area contributed by atoms with E-state index in [1.165, 1.54) is 0 Å². The van der Waals surface area contributed by atoms with Crippen LogP contribution in [0.5, 0.6) is 0 Å². The van der Waals surface area contributed by atoms with Gasteiger partial charge in [0.1, 0.15) is 30.1 Å². The van der Waals surface area contributed by atoms with Gasteiger partial charge in [-0.3, -0.25) is 4.79 Å². The average molecular weight is 533 g/mol. The maximum Gasteiger partial charge on any atom is 0.282 e. The molecule has 37 heavy (non-hydrogen) atoms. The van der Waals surface area contributed by atoms with E-state index in [1.807, 2.05) is 5.32 Å². The number of nitrogens with zero attached hydrogens (tertiary/aromatic N) is 2. The van der Waals surface area contributed by atoms with Gasteiger partial charge >= 0.3 is 0 Å². The second-order valence-corrected chi connectivity index (χ2v) is 7.89. The van der Waals surface area contributed by atoms with Gasteiger partial charge < -0.3 is 30.5 Å². The van der Waals surface area contributed by atoms with Gasteiger partial charge in [-0.2, -0.15) is 5.10 Å². The topological polar surface area (TPSA) is 137 Å². The maximum absolute atomic E-state index is 14.0. The lowest BCUT2D eigenvalue weighted by Gasteiger charge is -2.39. The zero-order chi connectivity index (χ0) is 30.5. The van der Waals surface area contributed by atoms with Gasteiger partial charge in [-0.15, -0.1) is 0 Å². The van der Waals surface area contributed by atoms with Crippen LogP contribution in [0.4, 0.5) is 27.6 Å². The highest BCUT2D eigenvalue weighted by atomic mass is 19.3. The quantitative estimate of drug-likeness (QED) is 0.242. The SMILES string of the molecule is [2H]c1c([2H])c([2H])c(-c2cc(F)c(F)c(F)c2)c(NC(=O)c2cn(C3O[C@H](CO)[C@@H](O)[C@H](O)[C@H]3O)nc2C(F)F)c1[2H]. The van der Waals surface area contributed by atoms with Crippen LogP contribution >= 0.6 is 0 Å². The standard InChI is InChI=1S/C23H20F5N3O6/c24-12-5-9(6-13(25)16(12)26)10-3-1-2-4-14(10)29-22(36)11-7-31(30-17(11)21(27)28)23-20(35)19(34)18(33)15(8-32)37-23/h1-7,15,18-21,23,32-35H,8H2,(H,29,36)/t15-,18-,19+,20-,23?/m1/s1/i1D,2D,3D,4D. The van der Waals surface area contributed by atoms with E-state index >= 15 is 0 Å². The number of rotatable bonds is 6. The highest BCUT2D eigenvalue weighted by Gasteiger charge is 2.45. The molecule has 3 aromatic rings. The minimum Gasteiger partial charge on any atom is -0.394 e. The van der Waals surface area contributed by atoms with E-state index in [-0.39, 0.29) is 0 Å². The molecular formula is C23H20F5N3O6. The van der Waals surface area contributed by atoms with Crippen LogP contribution in [-0.2, 0) is 4.74 Å². The van der Waals surface area contributed by atoms with Crippen LogP contribution in [-0.4, -0.2) is 67.1 Å². The predicted molar refractivity (Wildman–Crippen MR) is 116 cm³/mol. The molecule has 0 aliphatic carbocycles. The first-order chi connectivity index (χ1) is 19.2. The van der Waals surface area contributed by atoms with E-state index in [0.29, 0.717) is 23.0 Å². The number of benzene rings is 2. The molecule has 198 valence electrons. The number of hydrogen-bond donors (Lipinski definition) is 5. The highest BCUT2D eigenvalue weighted by Crippen LogP contribution is 2.33. The van der Waals surface area contributed by atoms with E-state index in [4.69, 9.17) is 10.2 Å². The van der Waals surface area contributed by atoms with Crippen LogP contribution in [0.1, 0.15) is 34.2 Å². The minimum atomic E-state index is -3.44. The molecule has 0 saturated carbocycles. The third kappa shape index (κ3) is 5.06. The smallest absolute Gasteiger partial charge is 0.282 e. The number of amides is 1. The summed E-state index contributed by atoms with van der Waals surface area (Å²) in [5, 5.41) is 45.1. The highest BCUT2D eigenvalue weighted by molar-refractivity contribution is 6.07. The molecule has 0 radical (unpaired) electrons. The Labute approximate surface area is 211 Å². The molecule has 2 aromatic carbocycles. The molecule has 9 nitrogen and oxygen atoms in total. The molecule has 1 aliphatic rings. The molecule has 0 bridgehead atoms. The molecule has 2 heterocycles. The fourth-order valence-electron chi connectivity index (χ4n) is 3.68. The lowest BCUT2D eigenvalue weighted by atomic mass is 9.98. The average Bonchev–Trinajstić information content (AvgIpc) is 3.38. The van der Waals surface area contributed by atoms with Crippen molar-refractivity contribution in [3.63, 3.8) is 0 Å². The third-order valence-electron chi connectivity index (χ3n) is 5.54. The lowest BCUT2D eigenvalue weighted by molar-refractivity contribution is -0.254. The van der Waals surface area contributed by atoms with Crippen molar-refractivity contribution in [1.29, 1.82) is 0 Å². The summed E-state index contributed by atoms with van der Waals surface area (Å²) >= 11 is 0. The molecule has 1 aromatic heterocycles. The molecule has 5 atom stereocenters. The van der Waals surface area contributed by atoms with E-state index < -0.39 is 119 Å². The Bertz CT molecular complexity index is 1490. The summed E-state index contributed by atoms with van der Waals surface area (Å²) in [6.45, 7) is -0.853. The zero-order valence-corrected chi connectivity index (χ0v) is 18.3. The van der Waals surface area contributed by atoms with E-state index in [0.717, 1.165) is 0 Å². The van der Waals surface area contributed by atoms with Crippen molar-refractivity contribution in [3.8, 4) is 11.1 Å². The molecule has 1 fully saturated rings. The van der Waals surface area contributed by atoms with Crippen LogP contribution in [0.3, 0.4) is 0 Å². The summed E-state index contributed by atoms with van der Waals surface area (Å²) in [7, 11) is 0. The number of halogens is 5. The third-order valence-corrected chi connectivity index (χ3v) is 5.54. The lowest BCUT2D eigenvalue weighted by Crippen LogP contribution is -2.56. The number of nitrogens with one attached hydrogen (secondary N) is 1. The van der Waals surface area contributed by atoms with Crippen LogP contribution < -0.4 is 5.32 Å². The number of ether oxygens (including phenoxy) is 1. The molecule has 0 spiro atoms. The molecular weight excluding hydrogens is 509 g/mol. The van der Waals surface area contributed by atoms with Gasteiger partial charge in [0.25, 0.3) is 12.3 Å². The summed E-state index contributed by atoms with van der Waals surface area (Å²) < 4.78 is 107. The van der Waals surface area contributed by atoms with Crippen LogP contribution in [0.2, 0.25) is 0 Å². The van der Waals surface area contributed by atoms with Gasteiger partial charge in [-0.05, 0) is 23.7 Å². The second-order valence-electron chi connectivity index (χ2n) is 7.89. The van der Waals surface area contributed by atoms with E-state index in [2.05, 4.69) is 5.10 Å². The first-order valence-corrected chi connectivity index (χ1v) is 10.4. The Balaban J connectivity index is 1.81. The summed E-state index contributed by atoms with van der Waals surface area (Å²) in [5.41, 5.74) is -4.23. The fourth-order valence-corrected chi connectivity index (χ4v) is 3.68. The number of hydrogen-bond acceptors (Lipinski definition) is 7. The number of carbonyl (C=O) groups is 1. The van der Waals surface area contributed by atoms with Crippen LogP contribution in [0.25, 0.3) is 11.1 Å². The number of aliphatic hydroxyl groups is 4. The van der Waals surface area contributed by atoms with Crippen molar-refractivity contribution in [3.05, 3.63) is 71.2 Å². The van der Waals surface area contributed by atoms with Gasteiger partial charge in [-0.25, -0.2) is 26.6 Å². The number of aromatic nitrogens is 2. The van der Waals surface area contributed by atoms with E-state index in [1.54, 1.807) is 0 Å². The first kappa shape index (κ1) is 21.6. The van der Waals surface area contributed by atoms with Crippen molar-refractivity contribution in [2.24, 2.45) is 0 Å². The minimum absolute atomic E-state index is 0.408. The summed E-state index contributed by atoms with van der Waals surface area (Å²) in [6.07, 6.45) is -11.7. The predicted octanol–water partition coefficient (Wildman–Crippen LogP) is 2.13. The van der Waals surface area contributed by atoms with Crippen molar-refractivity contribution in [1.82, 2.24) is 9.78 Å². The molecule has 1 amide bonds. The summed E-state index contributed by atoms with van der Waals surface area (Å²) in [5.74, 6) is -6.76. The molecule has 5 N–H and O–H groups in total. The molecule has 4 rings (SSSR count). The maximum atomic E-state index is 14.0. The van der Waals surface area contributed by atoms with Gasteiger partial charge in [0, 0.05) is 17.4 Å². The normalized spacial score (nSPS) is 25.4. The van der Waals surface area contributed by atoms with Gasteiger partial charge in [-0.1, -0.05) is 18.1 Å². The van der Waals surface area contributed by atoms with Crippen molar-refractivity contribution in [2.75, 3.05) is 11.9 Å². The van der Waals surface area contributed by atoms with Crippen molar-refractivity contribution >= 4 is 11.6 Å². The summed E-state index contributed by atoms with van der Waals surface area (Å²) in [6, 6.07) is -2.84. The molecule has 1 aliphatic heterocycles. The zero-order valence-electron chi connectivity index (χ0n) is 22.3. The van der Waals surface area contributed by atoms with E-state index in [9.17, 15) is 47.2 Å². The molecule has 14 heteroatoms. The molecule has 1 saturated heterocycles. The Morgan fingerprint density at radius 3 is 2.38 bits per heavy atom. The summed E-state index contributed by atoms with van der Waals surface area (Å²) in [4.78, 5) is 13.2. The monoisotopic (exact) mass is 533 g/mol. The fraction of sp³-hybridized carbons (Fsp3) is 0.304. The van der Waals surface area contributed by atoms with Gasteiger partial charge in [0.2, 0.25) is 0 Å².